The zero-order valence-corrected chi connectivity index (χ0v) is 11.3. The number of hydrogen-bond acceptors (Lipinski definition) is 4. The van der Waals surface area contributed by atoms with Crippen LogP contribution in [-0.2, 0) is 6.42 Å². The summed E-state index contributed by atoms with van der Waals surface area (Å²) in [6.45, 7) is 0.897. The Morgan fingerprint density at radius 2 is 2.11 bits per heavy atom. The molecule has 19 heavy (non-hydrogen) atoms. The molecule has 0 aliphatic carbocycles. The highest BCUT2D eigenvalue weighted by Crippen LogP contribution is 2.18. The van der Waals surface area contributed by atoms with Gasteiger partial charge in [-0.2, -0.15) is 0 Å². The fourth-order valence-corrected chi connectivity index (χ4v) is 2.72. The van der Waals surface area contributed by atoms with Gasteiger partial charge in [0.05, 0.1) is 5.52 Å². The standard InChI is InChI=1S/C15H15N3S/c16-12-4-5-14-11(10-12)3-6-15(18-14)17-8-7-13-2-1-9-19-13/h1-6,9-10H,7-8,16H2,(H,17,18). The highest BCUT2D eigenvalue weighted by molar-refractivity contribution is 7.09. The van der Waals surface area contributed by atoms with E-state index < -0.39 is 0 Å². The molecule has 0 saturated carbocycles. The average Bonchev–Trinajstić information content (AvgIpc) is 2.92. The van der Waals surface area contributed by atoms with Gasteiger partial charge in [0, 0.05) is 22.5 Å². The Balaban J connectivity index is 1.69. The smallest absolute Gasteiger partial charge is 0.126 e. The molecule has 3 nitrogen and oxygen atoms in total. The number of nitrogen functional groups attached to an aromatic ring is 1. The van der Waals surface area contributed by atoms with Crippen molar-refractivity contribution in [3.8, 4) is 0 Å². The van der Waals surface area contributed by atoms with Crippen LogP contribution in [0.25, 0.3) is 10.9 Å². The van der Waals surface area contributed by atoms with Crippen molar-refractivity contribution in [1.82, 2.24) is 4.98 Å². The van der Waals surface area contributed by atoms with Crippen molar-refractivity contribution in [2.75, 3.05) is 17.6 Å². The highest BCUT2D eigenvalue weighted by Gasteiger charge is 1.99. The molecule has 0 saturated heterocycles. The van der Waals surface area contributed by atoms with Gasteiger partial charge in [0.1, 0.15) is 5.82 Å². The lowest BCUT2D eigenvalue weighted by Crippen LogP contribution is -2.05. The number of pyridine rings is 1. The quantitative estimate of drug-likeness (QED) is 0.712. The third-order valence-electron chi connectivity index (χ3n) is 2.97. The molecule has 1 aromatic carbocycles. The van der Waals surface area contributed by atoms with E-state index >= 15 is 0 Å². The summed E-state index contributed by atoms with van der Waals surface area (Å²) < 4.78 is 0. The first-order valence-electron chi connectivity index (χ1n) is 6.24. The Kier molecular flexibility index (Phi) is 3.33. The van der Waals surface area contributed by atoms with Crippen LogP contribution in [-0.4, -0.2) is 11.5 Å². The van der Waals surface area contributed by atoms with Crippen LogP contribution in [0.2, 0.25) is 0 Å². The van der Waals surface area contributed by atoms with Crippen molar-refractivity contribution in [2.45, 2.75) is 6.42 Å². The van der Waals surface area contributed by atoms with Crippen molar-refractivity contribution in [3.05, 3.63) is 52.7 Å². The molecule has 96 valence electrons. The number of anilines is 2. The second-order valence-electron chi connectivity index (χ2n) is 4.40. The van der Waals surface area contributed by atoms with E-state index in [-0.39, 0.29) is 0 Å². The first-order valence-corrected chi connectivity index (χ1v) is 7.12. The number of rotatable bonds is 4. The van der Waals surface area contributed by atoms with Crippen molar-refractivity contribution in [1.29, 1.82) is 0 Å². The Morgan fingerprint density at radius 3 is 2.95 bits per heavy atom. The molecule has 0 atom stereocenters. The van der Waals surface area contributed by atoms with Gasteiger partial charge in [0.2, 0.25) is 0 Å². The van der Waals surface area contributed by atoms with E-state index in [1.165, 1.54) is 4.88 Å². The van der Waals surface area contributed by atoms with E-state index in [4.69, 9.17) is 5.73 Å². The van der Waals surface area contributed by atoms with Crippen LogP contribution in [0, 0.1) is 0 Å². The summed E-state index contributed by atoms with van der Waals surface area (Å²) in [5, 5.41) is 6.53. The zero-order chi connectivity index (χ0) is 13.1. The summed E-state index contributed by atoms with van der Waals surface area (Å²) in [6.07, 6.45) is 1.03. The Labute approximate surface area is 116 Å². The summed E-state index contributed by atoms with van der Waals surface area (Å²) in [6, 6.07) is 14.1. The minimum Gasteiger partial charge on any atom is -0.399 e. The SMILES string of the molecule is Nc1ccc2nc(NCCc3cccs3)ccc2c1. The van der Waals surface area contributed by atoms with Crippen LogP contribution in [0.1, 0.15) is 4.88 Å². The molecule has 3 rings (SSSR count). The lowest BCUT2D eigenvalue weighted by Gasteiger charge is -2.06. The van der Waals surface area contributed by atoms with Gasteiger partial charge in [-0.3, -0.25) is 0 Å². The first kappa shape index (κ1) is 12.0. The summed E-state index contributed by atoms with van der Waals surface area (Å²) in [5.41, 5.74) is 7.49. The number of hydrogen-bond donors (Lipinski definition) is 2. The number of thiophene rings is 1. The number of nitrogens with zero attached hydrogens (tertiary/aromatic N) is 1. The maximum atomic E-state index is 5.75. The van der Waals surface area contributed by atoms with Gasteiger partial charge in [0.25, 0.3) is 0 Å². The molecule has 4 heteroatoms. The molecule has 0 bridgehead atoms. The molecule has 0 aliphatic heterocycles. The normalized spacial score (nSPS) is 10.7. The van der Waals surface area contributed by atoms with E-state index in [2.05, 4.69) is 27.8 Å². The van der Waals surface area contributed by atoms with Gasteiger partial charge in [-0.25, -0.2) is 4.98 Å². The second-order valence-corrected chi connectivity index (χ2v) is 5.44. The molecule has 0 aliphatic rings. The molecule has 0 unspecified atom stereocenters. The minimum absolute atomic E-state index is 0.771. The lowest BCUT2D eigenvalue weighted by molar-refractivity contribution is 1.03. The molecule has 3 aromatic rings. The predicted octanol–water partition coefficient (Wildman–Crippen LogP) is 3.53. The van der Waals surface area contributed by atoms with E-state index in [1.54, 1.807) is 11.3 Å². The fraction of sp³-hybridized carbons (Fsp3) is 0.133. The fourth-order valence-electron chi connectivity index (χ4n) is 2.01. The number of aromatic nitrogens is 1. The lowest BCUT2D eigenvalue weighted by atomic mass is 10.2. The largest absolute Gasteiger partial charge is 0.399 e. The third kappa shape index (κ3) is 2.85. The van der Waals surface area contributed by atoms with E-state index in [1.807, 2.05) is 30.3 Å². The van der Waals surface area contributed by atoms with E-state index in [9.17, 15) is 0 Å². The molecule has 2 aromatic heterocycles. The predicted molar refractivity (Wildman–Crippen MR) is 82.7 cm³/mol. The van der Waals surface area contributed by atoms with E-state index in [0.29, 0.717) is 0 Å². The highest BCUT2D eigenvalue weighted by atomic mass is 32.1. The molecule has 0 amide bonds. The second kappa shape index (κ2) is 5.28. The van der Waals surface area contributed by atoms with Crippen LogP contribution in [0.5, 0.6) is 0 Å². The maximum Gasteiger partial charge on any atom is 0.126 e. The molecule has 0 fully saturated rings. The number of nitrogens with one attached hydrogen (secondary N) is 1. The number of fused-ring (bicyclic) bond motifs is 1. The van der Waals surface area contributed by atoms with Gasteiger partial charge in [-0.15, -0.1) is 11.3 Å². The third-order valence-corrected chi connectivity index (χ3v) is 3.91. The van der Waals surface area contributed by atoms with E-state index in [0.717, 1.165) is 35.4 Å². The Hall–Kier alpha value is -2.07. The first-order chi connectivity index (χ1) is 9.31. The molecule has 0 spiro atoms. The number of benzene rings is 1. The van der Waals surface area contributed by atoms with Crippen LogP contribution < -0.4 is 11.1 Å². The van der Waals surface area contributed by atoms with Crippen LogP contribution in [0.3, 0.4) is 0 Å². The molecular weight excluding hydrogens is 254 g/mol. The van der Waals surface area contributed by atoms with Crippen LogP contribution >= 0.6 is 11.3 Å². The Morgan fingerprint density at radius 1 is 1.16 bits per heavy atom. The zero-order valence-electron chi connectivity index (χ0n) is 10.5. The van der Waals surface area contributed by atoms with Crippen molar-refractivity contribution in [2.24, 2.45) is 0 Å². The molecule has 3 N–H and O–H groups in total. The summed E-state index contributed by atoms with van der Waals surface area (Å²) in [5.74, 6) is 0.911. The van der Waals surface area contributed by atoms with Crippen molar-refractivity contribution >= 4 is 33.7 Å². The maximum absolute atomic E-state index is 5.75. The van der Waals surface area contributed by atoms with Gasteiger partial charge in [-0.05, 0) is 48.2 Å². The summed E-state index contributed by atoms with van der Waals surface area (Å²) in [7, 11) is 0. The van der Waals surface area contributed by atoms with Crippen LogP contribution in [0.4, 0.5) is 11.5 Å². The van der Waals surface area contributed by atoms with Crippen LogP contribution in [0.15, 0.2) is 47.8 Å². The molecular formula is C15H15N3S. The minimum atomic E-state index is 0.771. The van der Waals surface area contributed by atoms with Crippen molar-refractivity contribution < 1.29 is 0 Å². The van der Waals surface area contributed by atoms with Gasteiger partial charge < -0.3 is 11.1 Å². The summed E-state index contributed by atoms with van der Waals surface area (Å²) >= 11 is 1.79. The van der Waals surface area contributed by atoms with Gasteiger partial charge >= 0.3 is 0 Å². The average molecular weight is 269 g/mol. The topological polar surface area (TPSA) is 50.9 Å². The van der Waals surface area contributed by atoms with Gasteiger partial charge in [0.15, 0.2) is 0 Å². The molecule has 2 heterocycles. The van der Waals surface area contributed by atoms with Gasteiger partial charge in [-0.1, -0.05) is 6.07 Å². The summed E-state index contributed by atoms with van der Waals surface area (Å²) in [4.78, 5) is 5.96. The van der Waals surface area contributed by atoms with Crippen molar-refractivity contribution in [3.63, 3.8) is 0 Å². The number of nitrogens with two attached hydrogens (primary N) is 1. The molecule has 0 radical (unpaired) electrons. The monoisotopic (exact) mass is 269 g/mol. The Bertz CT molecular complexity index is 677.